The molecule has 0 bridgehead atoms. The molecule has 0 atom stereocenters. The summed E-state index contributed by atoms with van der Waals surface area (Å²) >= 11 is 0. The van der Waals surface area contributed by atoms with E-state index in [1.54, 1.807) is 0 Å². The highest BCUT2D eigenvalue weighted by Crippen LogP contribution is 2.39. The maximum atomic E-state index is 12.2. The monoisotopic (exact) mass is 494 g/mol. The third-order valence-electron chi connectivity index (χ3n) is 6.19. The van der Waals surface area contributed by atoms with E-state index in [1.165, 1.54) is 5.56 Å². The number of carboxylic acid groups (broad SMARTS) is 1. The van der Waals surface area contributed by atoms with E-state index in [4.69, 9.17) is 14.2 Å². The Bertz CT molecular complexity index is 1150. The first-order chi connectivity index (χ1) is 17.3. The fraction of sp³-hybridized carbons (Fsp3) is 0.414. The van der Waals surface area contributed by atoms with Crippen LogP contribution in [-0.4, -0.2) is 35.5 Å². The minimum atomic E-state index is -0.909. The summed E-state index contributed by atoms with van der Waals surface area (Å²) in [5.74, 6) is 0.986. The van der Waals surface area contributed by atoms with Gasteiger partial charge < -0.3 is 29.2 Å². The smallest absolute Gasteiger partial charge is 0.337 e. The lowest BCUT2D eigenvalue weighted by Crippen LogP contribution is -2.16. The topological polar surface area (TPSA) is 82.0 Å². The summed E-state index contributed by atoms with van der Waals surface area (Å²) < 4.78 is 19.5. The zero-order valence-corrected chi connectivity index (χ0v) is 22.2. The van der Waals surface area contributed by atoms with Crippen molar-refractivity contribution in [3.05, 3.63) is 75.6 Å². The van der Waals surface area contributed by atoms with Crippen LogP contribution in [-0.2, 0) is 19.6 Å². The van der Waals surface area contributed by atoms with E-state index in [0.717, 1.165) is 28.1 Å². The van der Waals surface area contributed by atoms with Crippen LogP contribution in [0.3, 0.4) is 0 Å². The van der Waals surface area contributed by atoms with Gasteiger partial charge >= 0.3 is 5.97 Å². The van der Waals surface area contributed by atoms with E-state index in [1.807, 2.05) is 46.8 Å². The molecule has 0 aliphatic carbocycles. The summed E-state index contributed by atoms with van der Waals surface area (Å²) in [6.07, 6.45) is 0. The number of carbonyl (C=O) groups is 1. The first-order valence-electron chi connectivity index (χ1n) is 12.5. The Morgan fingerprint density at radius 2 is 1.42 bits per heavy atom. The van der Waals surface area contributed by atoms with Gasteiger partial charge in [0.05, 0.1) is 25.4 Å². The molecule has 0 radical (unpaired) electrons. The third kappa shape index (κ3) is 6.21. The molecule has 7 nitrogen and oxygen atoms in total. The van der Waals surface area contributed by atoms with Gasteiger partial charge in [0.25, 0.3) is 0 Å². The van der Waals surface area contributed by atoms with Crippen LogP contribution in [0.2, 0.25) is 0 Å². The summed E-state index contributed by atoms with van der Waals surface area (Å²) in [5, 5.41) is 13.4. The molecular weight excluding hydrogens is 456 g/mol. The molecule has 0 saturated carbocycles. The van der Waals surface area contributed by atoms with Gasteiger partial charge in [-0.25, -0.2) is 4.79 Å². The number of aryl methyl sites for hydroxylation is 1. The van der Waals surface area contributed by atoms with Gasteiger partial charge in [-0.2, -0.15) is 0 Å². The zero-order chi connectivity index (χ0) is 26.2. The molecule has 36 heavy (non-hydrogen) atoms. The van der Waals surface area contributed by atoms with Crippen molar-refractivity contribution in [2.45, 2.75) is 61.2 Å². The molecule has 1 heterocycles. The lowest BCUT2D eigenvalue weighted by atomic mass is 10.1. The molecule has 0 aliphatic rings. The Hall–Kier alpha value is -3.45. The second kappa shape index (κ2) is 12.5. The number of aromatic carboxylic acids is 1. The van der Waals surface area contributed by atoms with Crippen LogP contribution in [0, 0.1) is 20.8 Å². The molecular formula is C29H38N2O5. The highest BCUT2D eigenvalue weighted by atomic mass is 16.5. The summed E-state index contributed by atoms with van der Waals surface area (Å²) in [5.41, 5.74) is 6.18. The molecule has 2 aromatic carbocycles. The van der Waals surface area contributed by atoms with Crippen LogP contribution in [0.5, 0.6) is 17.2 Å². The second-order valence-electron chi connectivity index (χ2n) is 8.73. The van der Waals surface area contributed by atoms with E-state index in [-0.39, 0.29) is 0 Å². The van der Waals surface area contributed by atoms with Gasteiger partial charge in [-0.1, -0.05) is 29.8 Å². The lowest BCUT2D eigenvalue weighted by Gasteiger charge is -2.17. The minimum Gasteiger partial charge on any atom is -0.490 e. The van der Waals surface area contributed by atoms with E-state index in [9.17, 15) is 9.90 Å². The van der Waals surface area contributed by atoms with Gasteiger partial charge in [0.2, 0.25) is 5.75 Å². The molecule has 0 amide bonds. The molecule has 1 aromatic heterocycles. The molecule has 0 spiro atoms. The summed E-state index contributed by atoms with van der Waals surface area (Å²) in [6.45, 7) is 14.8. The molecule has 3 aromatic rings. The molecule has 194 valence electrons. The third-order valence-corrected chi connectivity index (χ3v) is 6.19. The van der Waals surface area contributed by atoms with Gasteiger partial charge in [0, 0.05) is 36.6 Å². The molecule has 2 N–H and O–H groups in total. The van der Waals surface area contributed by atoms with Gasteiger partial charge in [0.15, 0.2) is 11.5 Å². The zero-order valence-electron chi connectivity index (χ0n) is 22.2. The van der Waals surface area contributed by atoms with Crippen molar-refractivity contribution in [3.8, 4) is 17.2 Å². The number of nitrogens with zero attached hydrogens (tertiary/aromatic N) is 1. The number of ether oxygens (including phenoxy) is 3. The van der Waals surface area contributed by atoms with E-state index in [2.05, 4.69) is 41.1 Å². The number of hydrogen-bond acceptors (Lipinski definition) is 5. The number of rotatable bonds is 13. The van der Waals surface area contributed by atoms with Crippen molar-refractivity contribution in [2.75, 3.05) is 19.8 Å². The number of aromatic nitrogens is 1. The molecule has 0 unspecified atom stereocenters. The first-order valence-corrected chi connectivity index (χ1v) is 12.5. The van der Waals surface area contributed by atoms with Gasteiger partial charge in [0.1, 0.15) is 0 Å². The fourth-order valence-electron chi connectivity index (χ4n) is 4.44. The molecule has 3 rings (SSSR count). The van der Waals surface area contributed by atoms with Crippen LogP contribution in [0.4, 0.5) is 0 Å². The Labute approximate surface area is 214 Å². The van der Waals surface area contributed by atoms with Crippen molar-refractivity contribution in [1.29, 1.82) is 0 Å². The van der Waals surface area contributed by atoms with Crippen LogP contribution in [0.1, 0.15) is 64.8 Å². The van der Waals surface area contributed by atoms with Crippen LogP contribution in [0.25, 0.3) is 0 Å². The Morgan fingerprint density at radius 3 is 1.94 bits per heavy atom. The van der Waals surface area contributed by atoms with Crippen LogP contribution in [0.15, 0.2) is 36.4 Å². The summed E-state index contributed by atoms with van der Waals surface area (Å²) in [6, 6.07) is 12.2. The number of nitrogens with one attached hydrogen (secondary N) is 1. The molecule has 7 heteroatoms. The number of hydrogen-bond donors (Lipinski definition) is 2. The van der Waals surface area contributed by atoms with Crippen molar-refractivity contribution in [2.24, 2.45) is 0 Å². The molecule has 0 saturated heterocycles. The Kier molecular flexibility index (Phi) is 9.42. The minimum absolute atomic E-state index is 0.365. The fourth-order valence-corrected chi connectivity index (χ4v) is 4.44. The molecule has 0 aliphatic heterocycles. The maximum absolute atomic E-state index is 12.2. The van der Waals surface area contributed by atoms with Crippen molar-refractivity contribution in [3.63, 3.8) is 0 Å². The quantitative estimate of drug-likeness (QED) is 0.320. The summed E-state index contributed by atoms with van der Waals surface area (Å²) in [4.78, 5) is 12.2. The Balaban J connectivity index is 1.84. The average Bonchev–Trinajstić information content (AvgIpc) is 3.07. The molecule has 0 fully saturated rings. The number of carboxylic acids is 1. The van der Waals surface area contributed by atoms with Gasteiger partial charge in [-0.3, -0.25) is 0 Å². The highest BCUT2D eigenvalue weighted by molar-refractivity contribution is 5.91. The number of benzene rings is 2. The predicted octanol–water partition coefficient (Wildman–Crippen LogP) is 5.65. The summed E-state index contributed by atoms with van der Waals surface area (Å²) in [7, 11) is 0. The van der Waals surface area contributed by atoms with E-state index in [0.29, 0.717) is 62.3 Å². The predicted molar refractivity (Wildman–Crippen MR) is 142 cm³/mol. The van der Waals surface area contributed by atoms with Gasteiger partial charge in [-0.05, 0) is 64.8 Å². The van der Waals surface area contributed by atoms with Crippen molar-refractivity contribution >= 4 is 5.97 Å². The van der Waals surface area contributed by atoms with Gasteiger partial charge in [-0.15, -0.1) is 0 Å². The second-order valence-corrected chi connectivity index (χ2v) is 8.73. The standard InChI is InChI=1S/C29H38N2O5/c1-7-34-25-14-23(15-26(35-8-2)28(25)36-9-3)16-30-17-24-20(5)31(21(6)27(24)29(32)33)18-22-12-10-19(4)11-13-22/h10-15,30H,7-9,16-18H2,1-6H3,(H,32,33). The normalized spacial score (nSPS) is 10.9. The van der Waals surface area contributed by atoms with E-state index < -0.39 is 5.97 Å². The first kappa shape index (κ1) is 27.1. The Morgan fingerprint density at radius 1 is 0.833 bits per heavy atom. The SMILES string of the molecule is CCOc1cc(CNCc2c(C(=O)O)c(C)n(Cc3ccc(C)cc3)c2C)cc(OCC)c1OCC. The maximum Gasteiger partial charge on any atom is 0.337 e. The highest BCUT2D eigenvalue weighted by Gasteiger charge is 2.23. The average molecular weight is 495 g/mol. The van der Waals surface area contributed by atoms with Crippen LogP contribution >= 0.6 is 0 Å². The van der Waals surface area contributed by atoms with Crippen molar-refractivity contribution < 1.29 is 24.1 Å². The largest absolute Gasteiger partial charge is 0.490 e. The van der Waals surface area contributed by atoms with Crippen LogP contribution < -0.4 is 19.5 Å². The van der Waals surface area contributed by atoms with E-state index >= 15 is 0 Å². The van der Waals surface area contributed by atoms with Crippen molar-refractivity contribution in [1.82, 2.24) is 9.88 Å². The lowest BCUT2D eigenvalue weighted by molar-refractivity contribution is 0.0694.